The Morgan fingerprint density at radius 2 is 2.14 bits per heavy atom. The Bertz CT molecular complexity index is 317. The maximum Gasteiger partial charge on any atom is 0.348 e. The van der Waals surface area contributed by atoms with Crippen molar-refractivity contribution in [3.63, 3.8) is 0 Å². The minimum atomic E-state index is -0.917. The molecule has 78 valence electrons. The van der Waals surface area contributed by atoms with Gasteiger partial charge in [-0.2, -0.15) is 0 Å². The second-order valence-corrected chi connectivity index (χ2v) is 3.41. The van der Waals surface area contributed by atoms with Gasteiger partial charge in [0.2, 0.25) is 0 Å². The van der Waals surface area contributed by atoms with Gasteiger partial charge in [-0.15, -0.1) is 0 Å². The predicted molar refractivity (Wildman–Crippen MR) is 48.0 cm³/mol. The van der Waals surface area contributed by atoms with Crippen LogP contribution < -0.4 is 5.73 Å². The lowest BCUT2D eigenvalue weighted by atomic mass is 10.0. The van der Waals surface area contributed by atoms with Crippen molar-refractivity contribution in [3.8, 4) is 0 Å². The van der Waals surface area contributed by atoms with Crippen LogP contribution in [0.15, 0.2) is 11.3 Å². The van der Waals surface area contributed by atoms with E-state index in [2.05, 4.69) is 4.74 Å². The Morgan fingerprint density at radius 3 is 2.50 bits per heavy atom. The first-order valence-corrected chi connectivity index (χ1v) is 4.31. The SMILES string of the molecule is CCOC(=O)C1=C(N)C(C)(C)OC1=O. The van der Waals surface area contributed by atoms with Crippen LogP contribution in [-0.2, 0) is 19.1 Å². The molecular formula is C9H13NO4. The van der Waals surface area contributed by atoms with Gasteiger partial charge in [-0.25, -0.2) is 9.59 Å². The Labute approximate surface area is 81.9 Å². The highest BCUT2D eigenvalue weighted by Gasteiger charge is 2.42. The molecule has 0 aromatic rings. The van der Waals surface area contributed by atoms with E-state index in [0.717, 1.165) is 0 Å². The molecule has 0 aromatic heterocycles. The highest BCUT2D eigenvalue weighted by molar-refractivity contribution is 6.16. The molecule has 0 radical (unpaired) electrons. The lowest BCUT2D eigenvalue weighted by Gasteiger charge is -2.17. The average molecular weight is 199 g/mol. The van der Waals surface area contributed by atoms with E-state index in [1.165, 1.54) is 0 Å². The Hall–Kier alpha value is -1.52. The van der Waals surface area contributed by atoms with E-state index in [1.807, 2.05) is 0 Å². The zero-order valence-electron chi connectivity index (χ0n) is 8.42. The molecule has 5 nitrogen and oxygen atoms in total. The first kappa shape index (κ1) is 10.6. The van der Waals surface area contributed by atoms with Gasteiger partial charge in [0.1, 0.15) is 5.60 Å². The zero-order valence-corrected chi connectivity index (χ0v) is 8.42. The van der Waals surface area contributed by atoms with E-state index < -0.39 is 17.5 Å². The number of rotatable bonds is 2. The van der Waals surface area contributed by atoms with Crippen LogP contribution in [-0.4, -0.2) is 24.1 Å². The van der Waals surface area contributed by atoms with Crippen LogP contribution in [0, 0.1) is 0 Å². The standard InChI is InChI=1S/C9H13NO4/c1-4-13-7(11)5-6(10)9(2,3)14-8(5)12/h4,10H2,1-3H3. The number of ether oxygens (including phenoxy) is 2. The Morgan fingerprint density at radius 1 is 1.57 bits per heavy atom. The van der Waals surface area contributed by atoms with Crippen LogP contribution in [0.4, 0.5) is 0 Å². The van der Waals surface area contributed by atoms with Crippen LogP contribution in [0.3, 0.4) is 0 Å². The summed E-state index contributed by atoms with van der Waals surface area (Å²) in [7, 11) is 0. The van der Waals surface area contributed by atoms with E-state index in [9.17, 15) is 9.59 Å². The van der Waals surface area contributed by atoms with Crippen molar-refractivity contribution >= 4 is 11.9 Å². The molecule has 1 rings (SSSR count). The number of esters is 2. The first-order valence-electron chi connectivity index (χ1n) is 4.31. The number of carbonyl (C=O) groups excluding carboxylic acids is 2. The summed E-state index contributed by atoms with van der Waals surface area (Å²) in [6, 6.07) is 0. The molecule has 0 atom stereocenters. The molecule has 0 aromatic carbocycles. The van der Waals surface area contributed by atoms with E-state index in [4.69, 9.17) is 10.5 Å². The highest BCUT2D eigenvalue weighted by Crippen LogP contribution is 2.29. The Balaban J connectivity index is 3.02. The van der Waals surface area contributed by atoms with Crippen LogP contribution in [0.2, 0.25) is 0 Å². The fraction of sp³-hybridized carbons (Fsp3) is 0.556. The molecule has 0 amide bonds. The third-order valence-corrected chi connectivity index (χ3v) is 1.95. The second kappa shape index (κ2) is 3.32. The lowest BCUT2D eigenvalue weighted by Crippen LogP contribution is -2.27. The number of nitrogens with two attached hydrogens (primary N) is 1. The van der Waals surface area contributed by atoms with Gasteiger partial charge in [-0.05, 0) is 20.8 Å². The van der Waals surface area contributed by atoms with Crippen LogP contribution >= 0.6 is 0 Å². The number of hydrogen-bond acceptors (Lipinski definition) is 5. The maximum absolute atomic E-state index is 11.3. The van der Waals surface area contributed by atoms with Crippen LogP contribution in [0.5, 0.6) is 0 Å². The summed E-state index contributed by atoms with van der Waals surface area (Å²) in [5, 5.41) is 0. The van der Waals surface area contributed by atoms with Gasteiger partial charge in [0.05, 0.1) is 12.3 Å². The average Bonchev–Trinajstić information content (AvgIpc) is 2.22. The monoisotopic (exact) mass is 199 g/mol. The summed E-state index contributed by atoms with van der Waals surface area (Å²) in [5.74, 6) is -1.44. The van der Waals surface area contributed by atoms with Crippen molar-refractivity contribution in [3.05, 3.63) is 11.3 Å². The smallest absolute Gasteiger partial charge is 0.348 e. The summed E-state index contributed by atoms with van der Waals surface area (Å²) in [6.45, 7) is 5.09. The van der Waals surface area contributed by atoms with Gasteiger partial charge in [0, 0.05) is 0 Å². The maximum atomic E-state index is 11.3. The third kappa shape index (κ3) is 1.57. The summed E-state index contributed by atoms with van der Waals surface area (Å²) < 4.78 is 9.58. The summed E-state index contributed by atoms with van der Waals surface area (Å²) in [4.78, 5) is 22.5. The fourth-order valence-electron chi connectivity index (χ4n) is 1.15. The molecular weight excluding hydrogens is 186 g/mol. The van der Waals surface area contributed by atoms with Crippen molar-refractivity contribution in [2.45, 2.75) is 26.4 Å². The van der Waals surface area contributed by atoms with E-state index in [-0.39, 0.29) is 17.9 Å². The molecule has 0 fully saturated rings. The quantitative estimate of drug-likeness (QED) is 0.504. The molecule has 14 heavy (non-hydrogen) atoms. The molecule has 0 spiro atoms. The van der Waals surface area contributed by atoms with Crippen molar-refractivity contribution in [1.29, 1.82) is 0 Å². The topological polar surface area (TPSA) is 78.6 Å². The predicted octanol–water partition coefficient (Wildman–Crippen LogP) is 0.0977. The minimum absolute atomic E-state index is 0.126. The van der Waals surface area contributed by atoms with E-state index >= 15 is 0 Å². The fourth-order valence-corrected chi connectivity index (χ4v) is 1.15. The van der Waals surface area contributed by atoms with Gasteiger partial charge < -0.3 is 15.2 Å². The van der Waals surface area contributed by atoms with Crippen LogP contribution in [0.25, 0.3) is 0 Å². The molecule has 1 heterocycles. The largest absolute Gasteiger partial charge is 0.462 e. The zero-order chi connectivity index (χ0) is 10.9. The molecule has 1 aliphatic rings. The van der Waals surface area contributed by atoms with E-state index in [1.54, 1.807) is 20.8 Å². The van der Waals surface area contributed by atoms with Gasteiger partial charge in [0.15, 0.2) is 5.57 Å². The third-order valence-electron chi connectivity index (χ3n) is 1.95. The number of carbonyl (C=O) groups is 2. The van der Waals surface area contributed by atoms with Gasteiger partial charge in [0.25, 0.3) is 0 Å². The highest BCUT2D eigenvalue weighted by atomic mass is 16.6. The molecule has 0 saturated heterocycles. The number of hydrogen-bond donors (Lipinski definition) is 1. The first-order chi connectivity index (χ1) is 6.40. The minimum Gasteiger partial charge on any atom is -0.462 e. The molecule has 5 heteroatoms. The van der Waals surface area contributed by atoms with Crippen molar-refractivity contribution in [1.82, 2.24) is 0 Å². The van der Waals surface area contributed by atoms with Crippen LogP contribution in [0.1, 0.15) is 20.8 Å². The molecule has 0 unspecified atom stereocenters. The molecule has 2 N–H and O–H groups in total. The van der Waals surface area contributed by atoms with Gasteiger partial charge in [-0.3, -0.25) is 0 Å². The van der Waals surface area contributed by atoms with Gasteiger partial charge in [-0.1, -0.05) is 0 Å². The van der Waals surface area contributed by atoms with E-state index in [0.29, 0.717) is 0 Å². The molecule has 0 bridgehead atoms. The lowest BCUT2D eigenvalue weighted by molar-refractivity contribution is -0.148. The summed E-state index contributed by atoms with van der Waals surface area (Å²) >= 11 is 0. The number of cyclic esters (lactones) is 1. The summed E-state index contributed by atoms with van der Waals surface area (Å²) in [5.41, 5.74) is 4.64. The van der Waals surface area contributed by atoms with Crippen molar-refractivity contribution in [2.24, 2.45) is 5.73 Å². The molecule has 1 aliphatic heterocycles. The second-order valence-electron chi connectivity index (χ2n) is 3.41. The van der Waals surface area contributed by atoms with Crippen molar-refractivity contribution < 1.29 is 19.1 Å². The molecule has 0 aliphatic carbocycles. The van der Waals surface area contributed by atoms with Crippen molar-refractivity contribution in [2.75, 3.05) is 6.61 Å². The van der Waals surface area contributed by atoms with Gasteiger partial charge >= 0.3 is 11.9 Å². The normalized spacial score (nSPS) is 19.5. The molecule has 0 saturated carbocycles. The summed E-state index contributed by atoms with van der Waals surface area (Å²) in [6.07, 6.45) is 0. The Kier molecular flexibility index (Phi) is 2.51.